The van der Waals surface area contributed by atoms with Crippen molar-refractivity contribution in [2.24, 2.45) is 0 Å². The number of halogens is 2. The summed E-state index contributed by atoms with van der Waals surface area (Å²) in [5.74, 6) is 0.832. The molecule has 0 aliphatic heterocycles. The Bertz CT molecular complexity index is 509. The van der Waals surface area contributed by atoms with E-state index in [0.29, 0.717) is 9.99 Å². The number of aliphatic hydroxyl groups excluding tert-OH is 1. The molecule has 1 saturated carbocycles. The van der Waals surface area contributed by atoms with Crippen molar-refractivity contribution in [3.8, 4) is 0 Å². The number of rotatable bonds is 1. The molecule has 84 valence electrons. The number of benzene rings is 1. The van der Waals surface area contributed by atoms with E-state index in [9.17, 15) is 9.50 Å². The lowest BCUT2D eigenvalue weighted by Crippen LogP contribution is -2.27. The lowest BCUT2D eigenvalue weighted by Gasteiger charge is -2.29. The third kappa shape index (κ3) is 1.55. The molecule has 1 aliphatic rings. The van der Waals surface area contributed by atoms with Crippen LogP contribution >= 0.6 is 15.9 Å². The van der Waals surface area contributed by atoms with Crippen molar-refractivity contribution < 1.29 is 9.50 Å². The van der Waals surface area contributed by atoms with Gasteiger partial charge in [0.05, 0.1) is 21.6 Å². The fourth-order valence-corrected chi connectivity index (χ4v) is 2.36. The van der Waals surface area contributed by atoms with E-state index in [4.69, 9.17) is 0 Å². The molecule has 1 fully saturated rings. The largest absolute Gasteiger partial charge is 0.393 e. The van der Waals surface area contributed by atoms with Crippen LogP contribution in [0.3, 0.4) is 0 Å². The van der Waals surface area contributed by atoms with E-state index in [0.717, 1.165) is 24.2 Å². The number of fused-ring (bicyclic) bond motifs is 1. The Morgan fingerprint density at radius 3 is 2.88 bits per heavy atom. The smallest absolute Gasteiger partial charge is 0.139 e. The third-order valence-corrected chi connectivity index (χ3v) is 3.65. The van der Waals surface area contributed by atoms with Crippen LogP contribution < -0.4 is 0 Å². The van der Waals surface area contributed by atoms with E-state index >= 15 is 0 Å². The topological polar surface area (TPSA) is 48.9 Å². The SMILES string of the molecule is OC1CC(c2nc3cc(Br)c(F)cc3[nH]2)C1. The van der Waals surface area contributed by atoms with E-state index < -0.39 is 0 Å². The summed E-state index contributed by atoms with van der Waals surface area (Å²) in [5, 5.41) is 9.23. The summed E-state index contributed by atoms with van der Waals surface area (Å²) in [6.07, 6.45) is 1.27. The number of hydrogen-bond donors (Lipinski definition) is 2. The predicted molar refractivity (Wildman–Crippen MR) is 61.7 cm³/mol. The van der Waals surface area contributed by atoms with Crippen LogP contribution in [0.5, 0.6) is 0 Å². The first kappa shape index (κ1) is 10.2. The zero-order valence-corrected chi connectivity index (χ0v) is 9.96. The number of imidazole rings is 1. The quantitative estimate of drug-likeness (QED) is 0.846. The Hall–Kier alpha value is -0.940. The molecule has 2 aromatic rings. The van der Waals surface area contributed by atoms with Crippen molar-refractivity contribution in [2.75, 3.05) is 0 Å². The first-order chi connectivity index (χ1) is 7.63. The minimum absolute atomic E-state index is 0.207. The van der Waals surface area contributed by atoms with Gasteiger partial charge in [-0.2, -0.15) is 0 Å². The average Bonchev–Trinajstić information content (AvgIpc) is 2.56. The monoisotopic (exact) mass is 284 g/mol. The second-order valence-corrected chi connectivity index (χ2v) is 5.08. The third-order valence-electron chi connectivity index (χ3n) is 3.04. The Labute approximate surface area is 99.8 Å². The molecule has 0 saturated heterocycles. The second-order valence-electron chi connectivity index (χ2n) is 4.23. The van der Waals surface area contributed by atoms with Gasteiger partial charge in [-0.3, -0.25) is 0 Å². The molecule has 0 bridgehead atoms. The summed E-state index contributed by atoms with van der Waals surface area (Å²) in [4.78, 5) is 7.51. The number of H-pyrrole nitrogens is 1. The zero-order valence-electron chi connectivity index (χ0n) is 8.37. The lowest BCUT2D eigenvalue weighted by atomic mass is 9.82. The molecular weight excluding hydrogens is 275 g/mol. The number of nitrogens with zero attached hydrogens (tertiary/aromatic N) is 1. The van der Waals surface area contributed by atoms with E-state index in [1.54, 1.807) is 6.07 Å². The van der Waals surface area contributed by atoms with Crippen LogP contribution in [0.1, 0.15) is 24.6 Å². The highest BCUT2D eigenvalue weighted by molar-refractivity contribution is 9.10. The zero-order chi connectivity index (χ0) is 11.3. The Kier molecular flexibility index (Phi) is 2.26. The minimum Gasteiger partial charge on any atom is -0.393 e. The van der Waals surface area contributed by atoms with Crippen LogP contribution in [0.2, 0.25) is 0 Å². The van der Waals surface area contributed by atoms with Crippen LogP contribution in [0.4, 0.5) is 4.39 Å². The Morgan fingerprint density at radius 1 is 1.44 bits per heavy atom. The molecule has 0 amide bonds. The van der Waals surface area contributed by atoms with Gasteiger partial charge in [-0.15, -0.1) is 0 Å². The van der Waals surface area contributed by atoms with Crippen LogP contribution in [0.15, 0.2) is 16.6 Å². The first-order valence-electron chi connectivity index (χ1n) is 5.16. The summed E-state index contributed by atoms with van der Waals surface area (Å²) < 4.78 is 13.7. The molecule has 1 aromatic carbocycles. The van der Waals surface area contributed by atoms with Crippen molar-refractivity contribution in [3.05, 3.63) is 28.2 Å². The molecule has 0 spiro atoms. The molecule has 5 heteroatoms. The maximum Gasteiger partial charge on any atom is 0.139 e. The van der Waals surface area contributed by atoms with E-state index in [-0.39, 0.29) is 17.8 Å². The lowest BCUT2D eigenvalue weighted by molar-refractivity contribution is 0.0720. The van der Waals surface area contributed by atoms with Crippen LogP contribution in [-0.4, -0.2) is 21.2 Å². The number of aromatic amines is 1. The van der Waals surface area contributed by atoms with E-state index in [2.05, 4.69) is 25.9 Å². The highest BCUT2D eigenvalue weighted by Gasteiger charge is 2.30. The summed E-state index contributed by atoms with van der Waals surface area (Å²) in [5.41, 5.74) is 1.46. The van der Waals surface area contributed by atoms with Crippen molar-refractivity contribution in [1.29, 1.82) is 0 Å². The van der Waals surface area contributed by atoms with Gasteiger partial charge in [0, 0.05) is 12.0 Å². The average molecular weight is 285 g/mol. The summed E-state index contributed by atoms with van der Waals surface area (Å²) in [7, 11) is 0. The second kappa shape index (κ2) is 3.53. The predicted octanol–water partition coefficient (Wildman–Crippen LogP) is 2.70. The minimum atomic E-state index is -0.295. The molecule has 16 heavy (non-hydrogen) atoms. The fourth-order valence-electron chi connectivity index (χ4n) is 2.03. The standard InChI is InChI=1S/C11H10BrFN2O/c12-7-3-9-10(4-8(7)13)15-11(14-9)5-1-6(16)2-5/h3-6,16H,1-2H2,(H,14,15). The molecule has 0 radical (unpaired) electrons. The van der Waals surface area contributed by atoms with Crippen molar-refractivity contribution >= 4 is 27.0 Å². The van der Waals surface area contributed by atoms with Gasteiger partial charge in [0.1, 0.15) is 11.6 Å². The molecular formula is C11H10BrFN2O. The maximum absolute atomic E-state index is 13.3. The molecule has 1 aliphatic carbocycles. The molecule has 1 heterocycles. The van der Waals surface area contributed by atoms with Gasteiger partial charge in [-0.05, 0) is 34.8 Å². The molecule has 2 N–H and O–H groups in total. The van der Waals surface area contributed by atoms with Gasteiger partial charge in [0.25, 0.3) is 0 Å². The Balaban J connectivity index is 2.03. The van der Waals surface area contributed by atoms with Crippen molar-refractivity contribution in [3.63, 3.8) is 0 Å². The van der Waals surface area contributed by atoms with Gasteiger partial charge in [0.2, 0.25) is 0 Å². The van der Waals surface area contributed by atoms with Crippen molar-refractivity contribution in [1.82, 2.24) is 9.97 Å². The normalized spacial score (nSPS) is 24.7. The van der Waals surface area contributed by atoms with Crippen LogP contribution in [-0.2, 0) is 0 Å². The number of aliphatic hydroxyl groups is 1. The highest BCUT2D eigenvalue weighted by Crippen LogP contribution is 2.36. The van der Waals surface area contributed by atoms with Gasteiger partial charge in [-0.1, -0.05) is 0 Å². The van der Waals surface area contributed by atoms with Crippen LogP contribution in [0.25, 0.3) is 11.0 Å². The maximum atomic E-state index is 13.3. The van der Waals surface area contributed by atoms with Gasteiger partial charge >= 0.3 is 0 Å². The first-order valence-corrected chi connectivity index (χ1v) is 5.95. The highest BCUT2D eigenvalue weighted by atomic mass is 79.9. The summed E-state index contributed by atoms with van der Waals surface area (Å²) >= 11 is 3.13. The molecule has 3 rings (SSSR count). The summed E-state index contributed by atoms with van der Waals surface area (Å²) in [6.45, 7) is 0. The molecule has 3 nitrogen and oxygen atoms in total. The van der Waals surface area contributed by atoms with E-state index in [1.165, 1.54) is 6.07 Å². The van der Waals surface area contributed by atoms with Gasteiger partial charge in [-0.25, -0.2) is 9.37 Å². The van der Waals surface area contributed by atoms with Crippen LogP contribution in [0, 0.1) is 5.82 Å². The number of aromatic nitrogens is 2. The fraction of sp³-hybridized carbons (Fsp3) is 0.364. The number of nitrogens with one attached hydrogen (secondary N) is 1. The number of hydrogen-bond acceptors (Lipinski definition) is 2. The molecule has 0 unspecified atom stereocenters. The Morgan fingerprint density at radius 2 is 2.19 bits per heavy atom. The van der Waals surface area contributed by atoms with E-state index in [1.807, 2.05) is 0 Å². The van der Waals surface area contributed by atoms with Gasteiger partial charge < -0.3 is 10.1 Å². The summed E-state index contributed by atoms with van der Waals surface area (Å²) in [6, 6.07) is 3.10. The van der Waals surface area contributed by atoms with Gasteiger partial charge in [0.15, 0.2) is 0 Å². The van der Waals surface area contributed by atoms with Crippen molar-refractivity contribution in [2.45, 2.75) is 24.9 Å². The molecule has 1 aromatic heterocycles. The molecule has 0 atom stereocenters.